The van der Waals surface area contributed by atoms with Gasteiger partial charge < -0.3 is 5.11 Å². The maximum atomic E-state index is 11.5. The fourth-order valence-electron chi connectivity index (χ4n) is 1.78. The van der Waals surface area contributed by atoms with Crippen LogP contribution in [0.25, 0.3) is 0 Å². The molecule has 0 bridgehead atoms. The van der Waals surface area contributed by atoms with Crippen molar-refractivity contribution in [2.45, 2.75) is 6.92 Å². The summed E-state index contributed by atoms with van der Waals surface area (Å²) in [6.07, 6.45) is 0. The summed E-state index contributed by atoms with van der Waals surface area (Å²) in [4.78, 5) is 34.7. The second-order valence-electron chi connectivity index (χ2n) is 3.69. The Morgan fingerprint density at radius 1 is 1.41 bits per heavy atom. The summed E-state index contributed by atoms with van der Waals surface area (Å²) in [5.41, 5.74) is 1.02. The Kier molecular flexibility index (Phi) is 2.55. The van der Waals surface area contributed by atoms with E-state index in [1.807, 2.05) is 0 Å². The Morgan fingerprint density at radius 3 is 2.65 bits per heavy atom. The van der Waals surface area contributed by atoms with Crippen LogP contribution in [-0.2, 0) is 4.79 Å². The van der Waals surface area contributed by atoms with Crippen LogP contribution >= 0.6 is 0 Å². The summed E-state index contributed by atoms with van der Waals surface area (Å²) in [6.45, 7) is 1.53. The molecule has 1 aliphatic rings. The molecule has 0 aliphatic carbocycles. The first-order valence-corrected chi connectivity index (χ1v) is 4.95. The molecule has 6 nitrogen and oxygen atoms in total. The minimum absolute atomic E-state index is 0.0806. The lowest BCUT2D eigenvalue weighted by Gasteiger charge is -2.17. The van der Waals surface area contributed by atoms with Crippen LogP contribution in [0.3, 0.4) is 0 Å². The number of urea groups is 1. The molecule has 88 valence electrons. The first-order valence-electron chi connectivity index (χ1n) is 4.95. The van der Waals surface area contributed by atoms with Gasteiger partial charge in [0, 0.05) is 5.69 Å². The van der Waals surface area contributed by atoms with E-state index in [0.29, 0.717) is 11.3 Å². The maximum Gasteiger partial charge on any atom is 0.336 e. The second-order valence-corrected chi connectivity index (χ2v) is 3.69. The van der Waals surface area contributed by atoms with Gasteiger partial charge in [-0.15, -0.1) is 0 Å². The van der Waals surface area contributed by atoms with Crippen LogP contribution < -0.4 is 10.2 Å². The molecular formula is C11H10N2O4. The van der Waals surface area contributed by atoms with Gasteiger partial charge in [0.2, 0.25) is 5.91 Å². The van der Waals surface area contributed by atoms with E-state index < -0.39 is 17.9 Å². The largest absolute Gasteiger partial charge is 0.478 e. The van der Waals surface area contributed by atoms with Crippen LogP contribution in [0.15, 0.2) is 18.2 Å². The molecule has 1 saturated heterocycles. The summed E-state index contributed by atoms with van der Waals surface area (Å²) in [5, 5.41) is 11.1. The number of carboxylic acid groups (broad SMARTS) is 1. The molecule has 0 unspecified atom stereocenters. The van der Waals surface area contributed by atoms with Crippen molar-refractivity contribution < 1.29 is 19.5 Å². The summed E-state index contributed by atoms with van der Waals surface area (Å²) < 4.78 is 0. The first-order chi connectivity index (χ1) is 8.00. The minimum atomic E-state index is -1.06. The molecular weight excluding hydrogens is 224 g/mol. The highest BCUT2D eigenvalue weighted by Crippen LogP contribution is 2.24. The van der Waals surface area contributed by atoms with Gasteiger partial charge in [-0.25, -0.2) is 9.59 Å². The third-order valence-electron chi connectivity index (χ3n) is 2.62. The third-order valence-corrected chi connectivity index (χ3v) is 2.62. The average molecular weight is 234 g/mol. The number of nitrogens with one attached hydrogen (secondary N) is 1. The molecule has 0 radical (unpaired) electrons. The SMILES string of the molecule is Cc1c(C(=O)O)cccc1N1CC(=O)NC1=O. The van der Waals surface area contributed by atoms with Gasteiger partial charge in [-0.3, -0.25) is 15.0 Å². The second kappa shape index (κ2) is 3.89. The van der Waals surface area contributed by atoms with Crippen LogP contribution in [0, 0.1) is 6.92 Å². The van der Waals surface area contributed by atoms with Crippen molar-refractivity contribution in [1.29, 1.82) is 0 Å². The van der Waals surface area contributed by atoms with Crippen molar-refractivity contribution in [3.8, 4) is 0 Å². The van der Waals surface area contributed by atoms with Crippen molar-refractivity contribution >= 4 is 23.6 Å². The number of amides is 3. The fourth-order valence-corrected chi connectivity index (χ4v) is 1.78. The average Bonchev–Trinajstić information content (AvgIpc) is 2.57. The Bertz CT molecular complexity index is 524. The molecule has 1 heterocycles. The number of carbonyl (C=O) groups is 3. The molecule has 2 rings (SSSR count). The Morgan fingerprint density at radius 2 is 2.12 bits per heavy atom. The molecule has 17 heavy (non-hydrogen) atoms. The molecule has 0 spiro atoms. The van der Waals surface area contributed by atoms with Gasteiger partial charge in [0.1, 0.15) is 6.54 Å². The van der Waals surface area contributed by atoms with Crippen LogP contribution in [0.4, 0.5) is 10.5 Å². The highest BCUT2D eigenvalue weighted by molar-refractivity contribution is 6.12. The van der Waals surface area contributed by atoms with E-state index in [2.05, 4.69) is 5.32 Å². The van der Waals surface area contributed by atoms with Crippen LogP contribution in [0.5, 0.6) is 0 Å². The van der Waals surface area contributed by atoms with Gasteiger partial charge >= 0.3 is 12.0 Å². The van der Waals surface area contributed by atoms with E-state index in [1.54, 1.807) is 19.1 Å². The number of carboxylic acids is 1. The van der Waals surface area contributed by atoms with Crippen molar-refractivity contribution in [3.05, 3.63) is 29.3 Å². The van der Waals surface area contributed by atoms with E-state index in [-0.39, 0.29) is 12.1 Å². The minimum Gasteiger partial charge on any atom is -0.478 e. The van der Waals surface area contributed by atoms with Crippen LogP contribution in [-0.4, -0.2) is 29.6 Å². The van der Waals surface area contributed by atoms with Gasteiger partial charge in [0.15, 0.2) is 0 Å². The Hall–Kier alpha value is -2.37. The smallest absolute Gasteiger partial charge is 0.336 e. The number of anilines is 1. The standard InChI is InChI=1S/C11H10N2O4/c1-6-7(10(15)16)3-2-4-8(6)13-5-9(14)12-11(13)17/h2-4H,5H2,1H3,(H,15,16)(H,12,14,17). The first kappa shape index (κ1) is 11.1. The van der Waals surface area contributed by atoms with Crippen molar-refractivity contribution in [2.24, 2.45) is 0 Å². The lowest BCUT2D eigenvalue weighted by molar-refractivity contribution is -0.117. The summed E-state index contributed by atoms with van der Waals surface area (Å²) in [5.74, 6) is -1.45. The van der Waals surface area contributed by atoms with Gasteiger partial charge in [-0.05, 0) is 24.6 Å². The Labute approximate surface area is 96.8 Å². The molecule has 1 fully saturated rings. The van der Waals surface area contributed by atoms with Gasteiger partial charge in [-0.2, -0.15) is 0 Å². The van der Waals surface area contributed by atoms with Gasteiger partial charge in [0.05, 0.1) is 5.56 Å². The number of benzene rings is 1. The van der Waals surface area contributed by atoms with Crippen molar-refractivity contribution in [1.82, 2.24) is 5.32 Å². The van der Waals surface area contributed by atoms with Gasteiger partial charge in [0.25, 0.3) is 0 Å². The number of carbonyl (C=O) groups excluding carboxylic acids is 2. The molecule has 0 atom stereocenters. The highest BCUT2D eigenvalue weighted by Gasteiger charge is 2.29. The number of hydrogen-bond donors (Lipinski definition) is 2. The number of hydrogen-bond acceptors (Lipinski definition) is 3. The van der Waals surface area contributed by atoms with Crippen LogP contribution in [0.1, 0.15) is 15.9 Å². The monoisotopic (exact) mass is 234 g/mol. The van der Waals surface area contributed by atoms with Crippen molar-refractivity contribution in [2.75, 3.05) is 11.4 Å². The number of imide groups is 1. The van der Waals surface area contributed by atoms with E-state index in [1.165, 1.54) is 11.0 Å². The zero-order valence-electron chi connectivity index (χ0n) is 9.06. The number of rotatable bonds is 2. The van der Waals surface area contributed by atoms with E-state index in [0.717, 1.165) is 0 Å². The molecule has 0 saturated carbocycles. The quantitative estimate of drug-likeness (QED) is 0.739. The molecule has 1 aliphatic heterocycles. The Balaban J connectivity index is 2.46. The zero-order valence-corrected chi connectivity index (χ0v) is 9.06. The zero-order chi connectivity index (χ0) is 12.6. The highest BCUT2D eigenvalue weighted by atomic mass is 16.4. The lowest BCUT2D eigenvalue weighted by atomic mass is 10.1. The number of aromatic carboxylic acids is 1. The number of nitrogens with zero attached hydrogens (tertiary/aromatic N) is 1. The summed E-state index contributed by atoms with van der Waals surface area (Å²) in [7, 11) is 0. The predicted octanol–water partition coefficient (Wildman–Crippen LogP) is 0.749. The fraction of sp³-hybridized carbons (Fsp3) is 0.182. The molecule has 1 aromatic carbocycles. The summed E-state index contributed by atoms with van der Waals surface area (Å²) >= 11 is 0. The lowest BCUT2D eigenvalue weighted by Crippen LogP contribution is -2.28. The normalized spacial score (nSPS) is 15.0. The predicted molar refractivity (Wildman–Crippen MR) is 59.0 cm³/mol. The van der Waals surface area contributed by atoms with Gasteiger partial charge in [-0.1, -0.05) is 6.07 Å². The maximum absolute atomic E-state index is 11.5. The third kappa shape index (κ3) is 1.84. The molecule has 2 N–H and O–H groups in total. The topological polar surface area (TPSA) is 86.7 Å². The molecule has 6 heteroatoms. The van der Waals surface area contributed by atoms with Crippen LogP contribution in [0.2, 0.25) is 0 Å². The van der Waals surface area contributed by atoms with E-state index in [4.69, 9.17) is 5.11 Å². The van der Waals surface area contributed by atoms with E-state index in [9.17, 15) is 14.4 Å². The van der Waals surface area contributed by atoms with E-state index >= 15 is 0 Å². The molecule has 3 amide bonds. The molecule has 1 aromatic rings. The molecule has 0 aromatic heterocycles. The summed E-state index contributed by atoms with van der Waals surface area (Å²) in [6, 6.07) is 4.08. The van der Waals surface area contributed by atoms with Crippen molar-refractivity contribution in [3.63, 3.8) is 0 Å².